The van der Waals surface area contributed by atoms with Crippen molar-refractivity contribution in [1.82, 2.24) is 9.47 Å². The van der Waals surface area contributed by atoms with Crippen LogP contribution in [0.1, 0.15) is 80.7 Å². The summed E-state index contributed by atoms with van der Waals surface area (Å²) < 4.78 is 2.24. The molecule has 1 amide bonds. The molecule has 0 unspecified atom stereocenters. The van der Waals surface area contributed by atoms with E-state index in [9.17, 15) is 10.1 Å². The van der Waals surface area contributed by atoms with Gasteiger partial charge in [0.25, 0.3) is 0 Å². The number of nitrogens with one attached hydrogen (secondary N) is 1. The molecule has 0 aliphatic heterocycles. The van der Waals surface area contributed by atoms with Crippen molar-refractivity contribution in [2.45, 2.75) is 83.7 Å². The predicted molar refractivity (Wildman–Crippen MR) is 104 cm³/mol. The van der Waals surface area contributed by atoms with Gasteiger partial charge >= 0.3 is 0 Å². The second kappa shape index (κ2) is 8.26. The first kappa shape index (κ1) is 19.0. The van der Waals surface area contributed by atoms with Crippen LogP contribution >= 0.6 is 0 Å². The largest absolute Gasteiger partial charge is 0.327 e. The third-order valence-corrected chi connectivity index (χ3v) is 6.41. The summed E-state index contributed by atoms with van der Waals surface area (Å²) >= 11 is 0. The van der Waals surface area contributed by atoms with Crippen LogP contribution in [0.15, 0.2) is 0 Å². The van der Waals surface area contributed by atoms with Crippen LogP contribution in [0.3, 0.4) is 0 Å². The zero-order valence-corrected chi connectivity index (χ0v) is 16.5. The molecule has 0 atom stereocenters. The highest BCUT2D eigenvalue weighted by atomic mass is 16.2. The minimum atomic E-state index is -0.00883. The van der Waals surface area contributed by atoms with Gasteiger partial charge in [-0.05, 0) is 52.1 Å². The fourth-order valence-electron chi connectivity index (χ4n) is 4.75. The Kier molecular flexibility index (Phi) is 6.03. The molecule has 5 heteroatoms. The van der Waals surface area contributed by atoms with E-state index in [1.807, 2.05) is 14.0 Å². The predicted octanol–water partition coefficient (Wildman–Crippen LogP) is 4.29. The van der Waals surface area contributed by atoms with Gasteiger partial charge < -0.3 is 9.88 Å². The molecule has 1 N–H and O–H groups in total. The smallest absolute Gasteiger partial charge is 0.239 e. The van der Waals surface area contributed by atoms with E-state index in [-0.39, 0.29) is 5.91 Å². The monoisotopic (exact) mass is 356 g/mol. The standard InChI is InChI=1S/C21H32N4O/c1-15-16(2)25(18-11-5-4-6-12-18)21(19(15)13-22)23-20(26)14-24(3)17-9-7-8-10-17/h17-18H,4-12,14H2,1-3H3,(H,23,26). The van der Waals surface area contributed by atoms with Crippen LogP contribution in [-0.4, -0.2) is 35.0 Å². The summed E-state index contributed by atoms with van der Waals surface area (Å²) in [6, 6.07) is 3.24. The number of hydrogen-bond donors (Lipinski definition) is 1. The number of amides is 1. The van der Waals surface area contributed by atoms with E-state index in [0.717, 1.165) is 29.9 Å². The molecular formula is C21H32N4O. The average Bonchev–Trinajstić information content (AvgIpc) is 3.24. The molecule has 0 spiro atoms. The molecule has 142 valence electrons. The van der Waals surface area contributed by atoms with Gasteiger partial charge in [-0.15, -0.1) is 0 Å². The first-order valence-corrected chi connectivity index (χ1v) is 10.1. The quantitative estimate of drug-likeness (QED) is 0.856. The molecule has 0 bridgehead atoms. The Labute approximate surface area is 157 Å². The maximum atomic E-state index is 12.7. The van der Waals surface area contributed by atoms with E-state index in [1.54, 1.807) is 0 Å². The molecule has 0 aromatic carbocycles. The molecule has 2 aliphatic carbocycles. The van der Waals surface area contributed by atoms with E-state index in [1.165, 1.54) is 44.9 Å². The Morgan fingerprint density at radius 2 is 1.77 bits per heavy atom. The maximum Gasteiger partial charge on any atom is 0.239 e. The van der Waals surface area contributed by atoms with Crippen LogP contribution < -0.4 is 5.32 Å². The van der Waals surface area contributed by atoms with Crippen molar-refractivity contribution >= 4 is 11.7 Å². The number of nitriles is 1. The van der Waals surface area contributed by atoms with Crippen molar-refractivity contribution in [2.24, 2.45) is 0 Å². The summed E-state index contributed by atoms with van der Waals surface area (Å²) in [5.74, 6) is 0.713. The second-order valence-corrected chi connectivity index (χ2v) is 8.11. The topological polar surface area (TPSA) is 61.1 Å². The van der Waals surface area contributed by atoms with Gasteiger partial charge in [0, 0.05) is 17.8 Å². The summed E-state index contributed by atoms with van der Waals surface area (Å²) in [6.07, 6.45) is 10.9. The van der Waals surface area contributed by atoms with E-state index in [2.05, 4.69) is 27.8 Å². The zero-order chi connectivity index (χ0) is 18.7. The van der Waals surface area contributed by atoms with Crippen LogP contribution in [0.25, 0.3) is 0 Å². The normalized spacial score (nSPS) is 19.0. The minimum absolute atomic E-state index is 0.00883. The maximum absolute atomic E-state index is 12.7. The van der Waals surface area contributed by atoms with Gasteiger partial charge in [0.2, 0.25) is 5.91 Å². The molecule has 0 saturated heterocycles. The van der Waals surface area contributed by atoms with Gasteiger partial charge in [-0.25, -0.2) is 0 Å². The van der Waals surface area contributed by atoms with Gasteiger partial charge in [-0.1, -0.05) is 32.1 Å². The molecule has 1 aromatic rings. The van der Waals surface area contributed by atoms with Crippen molar-refractivity contribution in [3.05, 3.63) is 16.8 Å². The lowest BCUT2D eigenvalue weighted by atomic mass is 9.95. The highest BCUT2D eigenvalue weighted by molar-refractivity contribution is 5.93. The van der Waals surface area contributed by atoms with Crippen LogP contribution in [0.2, 0.25) is 0 Å². The van der Waals surface area contributed by atoms with Crippen LogP contribution in [0.5, 0.6) is 0 Å². The van der Waals surface area contributed by atoms with E-state index >= 15 is 0 Å². The Morgan fingerprint density at radius 3 is 2.38 bits per heavy atom. The molecule has 2 aliphatic rings. The van der Waals surface area contributed by atoms with Gasteiger partial charge in [0.15, 0.2) is 0 Å². The molecule has 1 aromatic heterocycles. The molecule has 3 rings (SSSR count). The van der Waals surface area contributed by atoms with E-state index in [0.29, 0.717) is 24.2 Å². The Balaban J connectivity index is 1.80. The van der Waals surface area contributed by atoms with Gasteiger partial charge in [-0.2, -0.15) is 5.26 Å². The first-order valence-electron chi connectivity index (χ1n) is 10.1. The fraction of sp³-hybridized carbons (Fsp3) is 0.714. The summed E-state index contributed by atoms with van der Waals surface area (Å²) in [6.45, 7) is 4.46. The van der Waals surface area contributed by atoms with Crippen molar-refractivity contribution < 1.29 is 4.79 Å². The number of hydrogen-bond acceptors (Lipinski definition) is 3. The lowest BCUT2D eigenvalue weighted by Crippen LogP contribution is -2.37. The van der Waals surface area contributed by atoms with Gasteiger partial charge in [-0.3, -0.25) is 9.69 Å². The van der Waals surface area contributed by atoms with Crippen LogP contribution in [0, 0.1) is 25.2 Å². The van der Waals surface area contributed by atoms with Crippen molar-refractivity contribution in [3.63, 3.8) is 0 Å². The number of nitrogens with zero attached hydrogens (tertiary/aromatic N) is 3. The first-order chi connectivity index (χ1) is 12.5. The number of carbonyl (C=O) groups is 1. The lowest BCUT2D eigenvalue weighted by Gasteiger charge is -2.28. The molecule has 2 saturated carbocycles. The zero-order valence-electron chi connectivity index (χ0n) is 16.5. The summed E-state index contributed by atoms with van der Waals surface area (Å²) in [4.78, 5) is 14.9. The summed E-state index contributed by atoms with van der Waals surface area (Å²) in [5.41, 5.74) is 2.75. The second-order valence-electron chi connectivity index (χ2n) is 8.11. The number of aromatic nitrogens is 1. The molecule has 0 radical (unpaired) electrons. The Bertz CT molecular complexity index is 688. The summed E-state index contributed by atoms with van der Waals surface area (Å²) in [5, 5.41) is 12.8. The SMILES string of the molecule is Cc1c(C#N)c(NC(=O)CN(C)C2CCCC2)n(C2CCCCC2)c1C. The fourth-order valence-corrected chi connectivity index (χ4v) is 4.75. The number of likely N-dealkylation sites (N-methyl/N-ethyl adjacent to an activating group) is 1. The number of carbonyl (C=O) groups excluding carboxylic acids is 1. The highest BCUT2D eigenvalue weighted by Crippen LogP contribution is 2.36. The minimum Gasteiger partial charge on any atom is -0.327 e. The summed E-state index contributed by atoms with van der Waals surface area (Å²) in [7, 11) is 2.04. The number of rotatable bonds is 5. The van der Waals surface area contributed by atoms with E-state index < -0.39 is 0 Å². The number of anilines is 1. The Hall–Kier alpha value is -1.80. The van der Waals surface area contributed by atoms with Crippen LogP contribution in [-0.2, 0) is 4.79 Å². The van der Waals surface area contributed by atoms with Crippen molar-refractivity contribution in [3.8, 4) is 6.07 Å². The highest BCUT2D eigenvalue weighted by Gasteiger charge is 2.27. The average molecular weight is 357 g/mol. The van der Waals surface area contributed by atoms with E-state index in [4.69, 9.17) is 0 Å². The Morgan fingerprint density at radius 1 is 1.15 bits per heavy atom. The molecule has 2 fully saturated rings. The van der Waals surface area contributed by atoms with Crippen molar-refractivity contribution in [2.75, 3.05) is 18.9 Å². The van der Waals surface area contributed by atoms with Gasteiger partial charge in [0.05, 0.1) is 12.1 Å². The molecular weight excluding hydrogens is 324 g/mol. The third-order valence-electron chi connectivity index (χ3n) is 6.41. The van der Waals surface area contributed by atoms with Crippen LogP contribution in [0.4, 0.5) is 5.82 Å². The lowest BCUT2D eigenvalue weighted by molar-refractivity contribution is -0.117. The molecule has 26 heavy (non-hydrogen) atoms. The van der Waals surface area contributed by atoms with Crippen molar-refractivity contribution in [1.29, 1.82) is 5.26 Å². The third kappa shape index (κ3) is 3.81. The molecule has 1 heterocycles. The molecule has 5 nitrogen and oxygen atoms in total. The van der Waals surface area contributed by atoms with Gasteiger partial charge in [0.1, 0.15) is 11.9 Å².